The number of nitrogens with zero attached hydrogens (tertiary/aromatic N) is 4. The molecule has 1 fully saturated rings. The average molecular weight is 426 g/mol. The van der Waals surface area contributed by atoms with Crippen LogP contribution < -0.4 is 5.32 Å². The van der Waals surface area contributed by atoms with Gasteiger partial charge in [0.25, 0.3) is 0 Å². The number of hydrogen-bond donors (Lipinski definition) is 1. The lowest BCUT2D eigenvalue weighted by Gasteiger charge is -2.13. The molecule has 0 aliphatic heterocycles. The van der Waals surface area contributed by atoms with E-state index in [0.29, 0.717) is 47.9 Å². The van der Waals surface area contributed by atoms with E-state index in [1.807, 2.05) is 29.1 Å². The van der Waals surface area contributed by atoms with Gasteiger partial charge in [-0.15, -0.1) is 0 Å². The standard InChI is InChI=1S/C22H24ClN5O2/c1-30-9-8-24-22-25-20(19-16-11-14(23)7-6-13(16)10-18(19)29)17-12-28(27-21(17)26-22)15-4-2-3-5-15/h6-7,11-12,15,19H,2-5,8-10H2,1H3,(H,24,26,27). The molecule has 1 N–H and O–H groups in total. The molecule has 8 heteroatoms. The number of anilines is 1. The second kappa shape index (κ2) is 7.96. The Kier molecular flexibility index (Phi) is 5.16. The highest BCUT2D eigenvalue weighted by molar-refractivity contribution is 6.30. The Hall–Kier alpha value is -2.51. The lowest BCUT2D eigenvalue weighted by Crippen LogP contribution is -2.15. The summed E-state index contributed by atoms with van der Waals surface area (Å²) < 4.78 is 7.14. The second-order valence-electron chi connectivity index (χ2n) is 8.06. The van der Waals surface area contributed by atoms with E-state index in [9.17, 15) is 4.79 Å². The molecule has 30 heavy (non-hydrogen) atoms. The molecule has 3 aromatic rings. The first-order valence-electron chi connectivity index (χ1n) is 10.4. The van der Waals surface area contributed by atoms with E-state index >= 15 is 0 Å². The number of nitrogens with one attached hydrogen (secondary N) is 1. The zero-order valence-electron chi connectivity index (χ0n) is 16.9. The summed E-state index contributed by atoms with van der Waals surface area (Å²) in [7, 11) is 1.65. The lowest BCUT2D eigenvalue weighted by atomic mass is 9.95. The molecule has 0 bridgehead atoms. The Bertz CT molecular complexity index is 1110. The number of halogens is 1. The van der Waals surface area contributed by atoms with Gasteiger partial charge >= 0.3 is 0 Å². The molecule has 5 rings (SSSR count). The fourth-order valence-electron chi connectivity index (χ4n) is 4.62. The Labute approximate surface area is 179 Å². The Morgan fingerprint density at radius 1 is 1.27 bits per heavy atom. The van der Waals surface area contributed by atoms with Gasteiger partial charge in [-0.25, -0.2) is 4.98 Å². The first-order valence-corrected chi connectivity index (χ1v) is 10.8. The van der Waals surface area contributed by atoms with Crippen LogP contribution in [-0.2, 0) is 16.0 Å². The number of carbonyl (C=O) groups is 1. The number of ketones is 1. The molecule has 2 aliphatic carbocycles. The van der Waals surface area contributed by atoms with E-state index in [1.54, 1.807) is 7.11 Å². The number of aromatic nitrogens is 4. The van der Waals surface area contributed by atoms with Gasteiger partial charge in [-0.1, -0.05) is 30.5 Å². The molecule has 1 saturated carbocycles. The van der Waals surface area contributed by atoms with Crippen molar-refractivity contribution in [1.82, 2.24) is 19.7 Å². The fourth-order valence-corrected chi connectivity index (χ4v) is 4.80. The quantitative estimate of drug-likeness (QED) is 0.603. The summed E-state index contributed by atoms with van der Waals surface area (Å²) in [4.78, 5) is 22.5. The molecule has 0 radical (unpaired) electrons. The Morgan fingerprint density at radius 2 is 2.10 bits per heavy atom. The van der Waals surface area contributed by atoms with Crippen LogP contribution in [-0.4, -0.2) is 45.8 Å². The third-order valence-corrected chi connectivity index (χ3v) is 6.33. The number of ether oxygens (including phenoxy) is 1. The van der Waals surface area contributed by atoms with Crippen molar-refractivity contribution in [3.8, 4) is 0 Å². The number of benzene rings is 1. The minimum atomic E-state index is -0.451. The van der Waals surface area contributed by atoms with E-state index in [-0.39, 0.29) is 5.78 Å². The van der Waals surface area contributed by atoms with Crippen LogP contribution in [0.1, 0.15) is 54.5 Å². The van der Waals surface area contributed by atoms with E-state index < -0.39 is 5.92 Å². The fraction of sp³-hybridized carbons (Fsp3) is 0.455. The molecule has 1 atom stereocenters. The van der Waals surface area contributed by atoms with Crippen LogP contribution in [0.25, 0.3) is 11.0 Å². The van der Waals surface area contributed by atoms with Crippen LogP contribution in [0.5, 0.6) is 0 Å². The van der Waals surface area contributed by atoms with Crippen molar-refractivity contribution in [1.29, 1.82) is 0 Å². The number of methoxy groups -OCH3 is 1. The summed E-state index contributed by atoms with van der Waals surface area (Å²) in [5.74, 6) is 0.145. The van der Waals surface area contributed by atoms with Crippen molar-refractivity contribution in [3.05, 3.63) is 46.2 Å². The molecule has 1 aromatic carbocycles. The summed E-state index contributed by atoms with van der Waals surface area (Å²) in [5, 5.41) is 9.43. The van der Waals surface area contributed by atoms with E-state index in [4.69, 9.17) is 26.4 Å². The molecule has 2 aromatic heterocycles. The summed E-state index contributed by atoms with van der Waals surface area (Å²) in [5.41, 5.74) is 3.27. The molecule has 0 amide bonds. The van der Waals surface area contributed by atoms with Crippen molar-refractivity contribution < 1.29 is 9.53 Å². The molecular formula is C22H24ClN5O2. The largest absolute Gasteiger partial charge is 0.383 e. The SMILES string of the molecule is COCCNc1nc(C2C(=O)Cc3ccc(Cl)cc32)c2cn(C3CCCC3)nc2n1. The third-order valence-electron chi connectivity index (χ3n) is 6.09. The summed E-state index contributed by atoms with van der Waals surface area (Å²) in [6, 6.07) is 6.05. The number of carbonyl (C=O) groups excluding carboxylic acids is 1. The van der Waals surface area contributed by atoms with Crippen LogP contribution in [0.2, 0.25) is 5.02 Å². The average Bonchev–Trinajstić information content (AvgIpc) is 3.45. The highest BCUT2D eigenvalue weighted by Gasteiger charge is 2.35. The van der Waals surface area contributed by atoms with Crippen LogP contribution in [0.3, 0.4) is 0 Å². The van der Waals surface area contributed by atoms with Crippen LogP contribution in [0.4, 0.5) is 5.95 Å². The minimum absolute atomic E-state index is 0.128. The smallest absolute Gasteiger partial charge is 0.225 e. The molecule has 2 aliphatic rings. The van der Waals surface area contributed by atoms with Gasteiger partial charge in [-0.05, 0) is 36.1 Å². The van der Waals surface area contributed by atoms with Crippen molar-refractivity contribution >= 4 is 34.4 Å². The van der Waals surface area contributed by atoms with Crippen molar-refractivity contribution in [2.45, 2.75) is 44.1 Å². The van der Waals surface area contributed by atoms with E-state index in [0.717, 1.165) is 29.4 Å². The molecule has 1 unspecified atom stereocenters. The topological polar surface area (TPSA) is 81.9 Å². The van der Waals surface area contributed by atoms with E-state index in [2.05, 4.69) is 10.3 Å². The lowest BCUT2D eigenvalue weighted by molar-refractivity contribution is -0.118. The monoisotopic (exact) mass is 425 g/mol. The second-order valence-corrected chi connectivity index (χ2v) is 8.49. The molecule has 0 saturated heterocycles. The van der Waals surface area contributed by atoms with Gasteiger partial charge in [0.15, 0.2) is 11.4 Å². The number of hydrogen-bond acceptors (Lipinski definition) is 6. The van der Waals surface area contributed by atoms with Crippen LogP contribution >= 0.6 is 11.6 Å². The minimum Gasteiger partial charge on any atom is -0.383 e. The highest BCUT2D eigenvalue weighted by atomic mass is 35.5. The van der Waals surface area contributed by atoms with Crippen LogP contribution in [0, 0.1) is 0 Å². The van der Waals surface area contributed by atoms with Gasteiger partial charge in [-0.2, -0.15) is 10.1 Å². The maximum absolute atomic E-state index is 13.1. The number of rotatable bonds is 6. The molecular weight excluding hydrogens is 402 g/mol. The predicted octanol–water partition coefficient (Wildman–Crippen LogP) is 3.91. The van der Waals surface area contributed by atoms with E-state index in [1.165, 1.54) is 12.8 Å². The first kappa shape index (κ1) is 19.5. The van der Waals surface area contributed by atoms with Crippen molar-refractivity contribution in [2.24, 2.45) is 0 Å². The van der Waals surface area contributed by atoms with Gasteiger partial charge in [-0.3, -0.25) is 9.48 Å². The van der Waals surface area contributed by atoms with Crippen LogP contribution in [0.15, 0.2) is 24.4 Å². The zero-order chi connectivity index (χ0) is 20.7. The maximum atomic E-state index is 13.1. The van der Waals surface area contributed by atoms with Gasteiger partial charge in [0.2, 0.25) is 5.95 Å². The van der Waals surface area contributed by atoms with Crippen molar-refractivity contribution in [2.75, 3.05) is 25.6 Å². The molecule has 2 heterocycles. The van der Waals surface area contributed by atoms with Gasteiger partial charge in [0, 0.05) is 31.3 Å². The third kappa shape index (κ3) is 3.46. The summed E-state index contributed by atoms with van der Waals surface area (Å²) >= 11 is 6.26. The van der Waals surface area contributed by atoms with Crippen molar-refractivity contribution in [3.63, 3.8) is 0 Å². The van der Waals surface area contributed by atoms with Gasteiger partial charge in [0.1, 0.15) is 0 Å². The van der Waals surface area contributed by atoms with Gasteiger partial charge in [0.05, 0.1) is 29.6 Å². The number of Topliss-reactive ketones (excluding diaryl/α,β-unsaturated/α-hetero) is 1. The maximum Gasteiger partial charge on any atom is 0.225 e. The predicted molar refractivity (Wildman–Crippen MR) is 115 cm³/mol. The molecule has 7 nitrogen and oxygen atoms in total. The highest BCUT2D eigenvalue weighted by Crippen LogP contribution is 2.39. The summed E-state index contributed by atoms with van der Waals surface area (Å²) in [6.45, 7) is 1.11. The molecule has 156 valence electrons. The molecule has 0 spiro atoms. The Balaban J connectivity index is 1.63. The Morgan fingerprint density at radius 3 is 2.90 bits per heavy atom. The zero-order valence-corrected chi connectivity index (χ0v) is 17.7. The number of fused-ring (bicyclic) bond motifs is 2. The first-order chi connectivity index (χ1) is 14.6. The summed E-state index contributed by atoms with van der Waals surface area (Å²) in [6.07, 6.45) is 7.10. The normalized spacial score (nSPS) is 19.0. The van der Waals surface area contributed by atoms with Gasteiger partial charge < -0.3 is 10.1 Å².